The number of urea groups is 1. The van der Waals surface area contributed by atoms with Crippen molar-refractivity contribution in [3.63, 3.8) is 0 Å². The molecule has 0 rings (SSSR count). The van der Waals surface area contributed by atoms with Gasteiger partial charge in [-0.05, 0) is 6.92 Å². The third-order valence-corrected chi connectivity index (χ3v) is 2.38. The van der Waals surface area contributed by atoms with Crippen molar-refractivity contribution in [2.24, 2.45) is 0 Å². The molecule has 0 aliphatic heterocycles. The van der Waals surface area contributed by atoms with E-state index >= 15 is 0 Å². The molecule has 0 radical (unpaired) electrons. The maximum atomic E-state index is 11.0. The fourth-order valence-electron chi connectivity index (χ4n) is 0.623. The Bertz CT molecular complexity index is 263. The minimum atomic E-state index is -0.716. The third kappa shape index (κ3) is 8.16. The number of amides is 3. The number of imide groups is 1. The van der Waals surface area contributed by atoms with Gasteiger partial charge in [0.1, 0.15) is 5.38 Å². The molecule has 0 saturated heterocycles. The summed E-state index contributed by atoms with van der Waals surface area (Å²) in [5, 5.41) is 3.89. The summed E-state index contributed by atoms with van der Waals surface area (Å²) in [6.45, 7) is 1.95. The zero-order valence-corrected chi connectivity index (χ0v) is 9.95. The number of carbonyl (C=O) groups excluding carboxylic acids is 2. The lowest BCUT2D eigenvalue weighted by Crippen LogP contribution is -2.42. The first-order chi connectivity index (χ1) is 7.07. The van der Waals surface area contributed by atoms with Crippen LogP contribution >= 0.6 is 23.4 Å². The first-order valence-corrected chi connectivity index (χ1v) is 5.91. The fraction of sp³-hybridized carbons (Fsp3) is 0.556. The number of carbonyl (C=O) groups is 2. The van der Waals surface area contributed by atoms with Crippen LogP contribution in [0.2, 0.25) is 0 Å². The maximum absolute atomic E-state index is 11.0. The highest BCUT2D eigenvalue weighted by Gasteiger charge is 2.11. The van der Waals surface area contributed by atoms with E-state index in [0.29, 0.717) is 18.1 Å². The Hall–Kier alpha value is -0.860. The molecule has 0 aromatic heterocycles. The Morgan fingerprint density at radius 2 is 2.27 bits per heavy atom. The topological polar surface area (TPSA) is 58.2 Å². The quantitative estimate of drug-likeness (QED) is 0.430. The monoisotopic (exact) mass is 248 g/mol. The lowest BCUT2D eigenvalue weighted by atomic mass is 10.4. The van der Waals surface area contributed by atoms with Crippen molar-refractivity contribution >= 4 is 35.3 Å². The Balaban J connectivity index is 3.50. The molecule has 0 aromatic carbocycles. The molecule has 1 atom stereocenters. The van der Waals surface area contributed by atoms with E-state index in [4.69, 9.17) is 18.0 Å². The summed E-state index contributed by atoms with van der Waals surface area (Å²) in [7, 11) is 0. The number of hydrogen-bond acceptors (Lipinski definition) is 3. The summed E-state index contributed by atoms with van der Waals surface area (Å²) in [5.74, 6) is 3.28. The van der Waals surface area contributed by atoms with E-state index in [0.717, 1.165) is 0 Å². The van der Waals surface area contributed by atoms with Crippen LogP contribution in [0.5, 0.6) is 0 Å². The third-order valence-electron chi connectivity index (χ3n) is 1.32. The molecule has 6 heteroatoms. The second-order valence-corrected chi connectivity index (χ2v) is 4.38. The molecule has 3 amide bonds. The van der Waals surface area contributed by atoms with E-state index in [9.17, 15) is 9.59 Å². The van der Waals surface area contributed by atoms with Gasteiger partial charge in [0.25, 0.3) is 0 Å². The van der Waals surface area contributed by atoms with Crippen LogP contribution in [-0.2, 0) is 4.79 Å². The standard InChI is InChI=1S/C9H13ClN2O2S/c1-3-5-15-6-4-11-9(14)12-8(13)7(2)10/h1,7H,4-6H2,2H3,(H2,11,12,13,14). The van der Waals surface area contributed by atoms with Gasteiger partial charge < -0.3 is 5.32 Å². The molecule has 4 nitrogen and oxygen atoms in total. The molecular weight excluding hydrogens is 236 g/mol. The number of alkyl halides is 1. The average molecular weight is 249 g/mol. The number of hydrogen-bond donors (Lipinski definition) is 2. The highest BCUT2D eigenvalue weighted by molar-refractivity contribution is 7.99. The molecule has 84 valence electrons. The Labute approximate surface area is 98.5 Å². The predicted molar refractivity (Wildman–Crippen MR) is 63.0 cm³/mol. The average Bonchev–Trinajstić information content (AvgIpc) is 2.17. The molecule has 0 aliphatic rings. The van der Waals surface area contributed by atoms with Crippen molar-refractivity contribution in [1.82, 2.24) is 10.6 Å². The molecule has 1 unspecified atom stereocenters. The van der Waals surface area contributed by atoms with Crippen molar-refractivity contribution in [1.29, 1.82) is 0 Å². The summed E-state index contributed by atoms with van der Waals surface area (Å²) in [4.78, 5) is 22.0. The maximum Gasteiger partial charge on any atom is 0.321 e. The SMILES string of the molecule is C#CCSCCNC(=O)NC(=O)C(C)Cl. The molecular formula is C9H13ClN2O2S. The van der Waals surface area contributed by atoms with Gasteiger partial charge in [-0.15, -0.1) is 29.8 Å². The summed E-state index contributed by atoms with van der Waals surface area (Å²) in [6.07, 6.45) is 5.04. The van der Waals surface area contributed by atoms with Gasteiger partial charge in [-0.1, -0.05) is 5.92 Å². The van der Waals surface area contributed by atoms with E-state index < -0.39 is 17.3 Å². The summed E-state index contributed by atoms with van der Waals surface area (Å²) < 4.78 is 0. The molecule has 2 N–H and O–H groups in total. The molecule has 0 bridgehead atoms. The molecule has 15 heavy (non-hydrogen) atoms. The zero-order chi connectivity index (χ0) is 11.7. The van der Waals surface area contributed by atoms with E-state index in [1.54, 1.807) is 0 Å². The second-order valence-electron chi connectivity index (χ2n) is 2.62. The first-order valence-electron chi connectivity index (χ1n) is 4.32. The number of thioether (sulfide) groups is 1. The summed E-state index contributed by atoms with van der Waals surface area (Å²) >= 11 is 6.99. The van der Waals surface area contributed by atoms with Crippen molar-refractivity contribution in [3.05, 3.63) is 0 Å². The molecule has 0 aliphatic carbocycles. The van der Waals surface area contributed by atoms with E-state index in [-0.39, 0.29) is 0 Å². The van der Waals surface area contributed by atoms with Crippen molar-refractivity contribution in [2.75, 3.05) is 18.1 Å². The number of rotatable bonds is 5. The first kappa shape index (κ1) is 14.1. The lowest BCUT2D eigenvalue weighted by molar-refractivity contribution is -0.119. The predicted octanol–water partition coefficient (Wildman–Crippen LogP) is 0.806. The second kappa shape index (κ2) is 8.45. The summed E-state index contributed by atoms with van der Waals surface area (Å²) in [5.41, 5.74) is 0. The lowest BCUT2D eigenvalue weighted by Gasteiger charge is -2.06. The minimum absolute atomic E-state index is 0.460. The molecule has 0 aromatic rings. The number of halogens is 1. The van der Waals surface area contributed by atoms with Gasteiger partial charge in [-0.3, -0.25) is 10.1 Å². The van der Waals surface area contributed by atoms with Crippen LogP contribution < -0.4 is 10.6 Å². The smallest absolute Gasteiger partial charge is 0.321 e. The van der Waals surface area contributed by atoms with Crippen LogP contribution in [0.4, 0.5) is 4.79 Å². The molecule has 0 heterocycles. The molecule has 0 saturated carbocycles. The van der Waals surface area contributed by atoms with Gasteiger partial charge in [-0.25, -0.2) is 4.79 Å². The zero-order valence-electron chi connectivity index (χ0n) is 8.38. The van der Waals surface area contributed by atoms with E-state index in [1.807, 2.05) is 0 Å². The van der Waals surface area contributed by atoms with Gasteiger partial charge in [0, 0.05) is 12.3 Å². The normalized spacial score (nSPS) is 11.3. The van der Waals surface area contributed by atoms with Crippen LogP contribution in [0.25, 0.3) is 0 Å². The fourth-order valence-corrected chi connectivity index (χ4v) is 1.19. The van der Waals surface area contributed by atoms with Gasteiger partial charge in [0.05, 0.1) is 5.75 Å². The Kier molecular flexibility index (Phi) is 7.96. The number of terminal acetylenes is 1. The van der Waals surface area contributed by atoms with Crippen LogP contribution in [-0.4, -0.2) is 35.4 Å². The summed E-state index contributed by atoms with van der Waals surface area (Å²) in [6, 6.07) is -0.534. The van der Waals surface area contributed by atoms with Crippen LogP contribution in [0.15, 0.2) is 0 Å². The number of nitrogens with one attached hydrogen (secondary N) is 2. The molecule has 0 fully saturated rings. The van der Waals surface area contributed by atoms with Crippen molar-refractivity contribution in [3.8, 4) is 12.3 Å². The van der Waals surface area contributed by atoms with Gasteiger partial charge >= 0.3 is 6.03 Å². The van der Waals surface area contributed by atoms with E-state index in [2.05, 4.69) is 16.6 Å². The van der Waals surface area contributed by atoms with Crippen LogP contribution in [0.1, 0.15) is 6.92 Å². The highest BCUT2D eigenvalue weighted by Crippen LogP contribution is 1.95. The Morgan fingerprint density at radius 3 is 2.80 bits per heavy atom. The molecule has 0 spiro atoms. The largest absolute Gasteiger partial charge is 0.337 e. The van der Waals surface area contributed by atoms with Crippen molar-refractivity contribution < 1.29 is 9.59 Å². The van der Waals surface area contributed by atoms with Gasteiger partial charge in [0.2, 0.25) is 5.91 Å². The highest BCUT2D eigenvalue weighted by atomic mass is 35.5. The minimum Gasteiger partial charge on any atom is -0.337 e. The van der Waals surface area contributed by atoms with Crippen LogP contribution in [0, 0.1) is 12.3 Å². The van der Waals surface area contributed by atoms with Crippen molar-refractivity contribution in [2.45, 2.75) is 12.3 Å². The van der Waals surface area contributed by atoms with Gasteiger partial charge in [-0.2, -0.15) is 0 Å². The van der Waals surface area contributed by atoms with E-state index in [1.165, 1.54) is 18.7 Å². The Morgan fingerprint density at radius 1 is 1.60 bits per heavy atom. The van der Waals surface area contributed by atoms with Crippen LogP contribution in [0.3, 0.4) is 0 Å². The van der Waals surface area contributed by atoms with Gasteiger partial charge in [0.15, 0.2) is 0 Å².